The number of fused-ring (bicyclic) bond motifs is 1. The topological polar surface area (TPSA) is 94.4 Å². The van der Waals surface area contributed by atoms with Crippen LogP contribution < -0.4 is 0 Å². The quantitative estimate of drug-likeness (QED) is 0.376. The molecule has 0 unspecified atom stereocenters. The number of nitrogens with zero attached hydrogens (tertiary/aromatic N) is 4. The van der Waals surface area contributed by atoms with Gasteiger partial charge in [-0.3, -0.25) is 0 Å². The van der Waals surface area contributed by atoms with Crippen molar-refractivity contribution in [2.45, 2.75) is 25.0 Å². The van der Waals surface area contributed by atoms with E-state index in [0.717, 1.165) is 20.4 Å². The summed E-state index contributed by atoms with van der Waals surface area (Å²) < 4.78 is 33.3. The van der Waals surface area contributed by atoms with Crippen molar-refractivity contribution in [2.75, 3.05) is 14.1 Å². The molecular weight excluding hydrogens is 456 g/mol. The van der Waals surface area contributed by atoms with E-state index >= 15 is 0 Å². The zero-order valence-electron chi connectivity index (χ0n) is 17.1. The highest BCUT2D eigenvalue weighted by molar-refractivity contribution is 7.89. The van der Waals surface area contributed by atoms with Crippen LogP contribution >= 0.6 is 22.7 Å². The summed E-state index contributed by atoms with van der Waals surface area (Å²) in [5, 5.41) is 6.38. The molecule has 0 bridgehead atoms. The van der Waals surface area contributed by atoms with E-state index in [4.69, 9.17) is 4.74 Å². The third kappa shape index (κ3) is 4.13. The summed E-state index contributed by atoms with van der Waals surface area (Å²) in [7, 11) is -0.598. The molecular formula is C20H20N4O4S3. The highest BCUT2D eigenvalue weighted by atomic mass is 32.2. The van der Waals surface area contributed by atoms with Crippen molar-refractivity contribution in [1.29, 1.82) is 0 Å². The van der Waals surface area contributed by atoms with Crippen LogP contribution in [0.15, 0.2) is 45.3 Å². The van der Waals surface area contributed by atoms with Gasteiger partial charge in [0.05, 0.1) is 15.9 Å². The summed E-state index contributed by atoms with van der Waals surface area (Å²) >= 11 is 2.96. The number of benzene rings is 1. The lowest BCUT2D eigenvalue weighted by Gasteiger charge is -2.11. The smallest absolute Gasteiger partial charge is 0.358 e. The number of hydrogen-bond acceptors (Lipinski definition) is 8. The average Bonchev–Trinajstić information content (AvgIpc) is 3.50. The summed E-state index contributed by atoms with van der Waals surface area (Å²) in [5.41, 5.74) is 2.54. The maximum Gasteiger partial charge on any atom is 0.358 e. The minimum atomic E-state index is -3.56. The molecule has 0 saturated heterocycles. The van der Waals surface area contributed by atoms with Gasteiger partial charge in [-0.1, -0.05) is 0 Å². The number of imidazole rings is 1. The summed E-state index contributed by atoms with van der Waals surface area (Å²) in [6.07, 6.45) is 0. The van der Waals surface area contributed by atoms with Crippen LogP contribution in [-0.2, 0) is 27.9 Å². The Morgan fingerprint density at radius 1 is 1.19 bits per heavy atom. The fraction of sp³-hybridized carbons (Fsp3) is 0.250. The molecule has 31 heavy (non-hydrogen) atoms. The second-order valence-electron chi connectivity index (χ2n) is 6.84. The predicted octanol–water partition coefficient (Wildman–Crippen LogP) is 3.85. The molecule has 1 aromatic carbocycles. The van der Waals surface area contributed by atoms with Gasteiger partial charge in [0.2, 0.25) is 10.0 Å². The minimum absolute atomic E-state index is 0.0393. The number of aryl methyl sites for hydroxylation is 1. The van der Waals surface area contributed by atoms with E-state index in [-0.39, 0.29) is 17.2 Å². The van der Waals surface area contributed by atoms with Gasteiger partial charge in [0.25, 0.3) is 0 Å². The van der Waals surface area contributed by atoms with E-state index in [1.807, 2.05) is 28.3 Å². The lowest BCUT2D eigenvalue weighted by atomic mass is 10.3. The number of thiazole rings is 1. The molecule has 8 nitrogen and oxygen atoms in total. The van der Waals surface area contributed by atoms with Gasteiger partial charge in [-0.05, 0) is 36.6 Å². The minimum Gasteiger partial charge on any atom is -0.453 e. The van der Waals surface area contributed by atoms with Crippen molar-refractivity contribution in [1.82, 2.24) is 18.8 Å². The molecule has 0 spiro atoms. The van der Waals surface area contributed by atoms with Crippen molar-refractivity contribution in [3.63, 3.8) is 0 Å². The fourth-order valence-electron chi connectivity index (χ4n) is 3.08. The number of ether oxygens (including phenoxy) is 1. The zero-order chi connectivity index (χ0) is 22.2. The summed E-state index contributed by atoms with van der Waals surface area (Å²) in [4.78, 5) is 21.5. The zero-order valence-corrected chi connectivity index (χ0v) is 19.6. The van der Waals surface area contributed by atoms with Crippen LogP contribution in [-0.4, -0.2) is 47.3 Å². The predicted molar refractivity (Wildman–Crippen MR) is 121 cm³/mol. The first-order valence-electron chi connectivity index (χ1n) is 9.38. The Kier molecular flexibility index (Phi) is 5.93. The number of sulfonamides is 1. The van der Waals surface area contributed by atoms with Crippen LogP contribution in [0, 0.1) is 0 Å². The van der Waals surface area contributed by atoms with E-state index in [0.29, 0.717) is 17.9 Å². The Bertz CT molecular complexity index is 1340. The summed E-state index contributed by atoms with van der Waals surface area (Å²) in [6.45, 7) is 2.51. The van der Waals surface area contributed by atoms with Gasteiger partial charge in [-0.15, -0.1) is 11.3 Å². The van der Waals surface area contributed by atoms with Crippen molar-refractivity contribution >= 4 is 49.7 Å². The molecule has 0 radical (unpaired) electrons. The van der Waals surface area contributed by atoms with Gasteiger partial charge in [0, 0.05) is 37.0 Å². The number of aromatic nitrogens is 3. The first kappa shape index (κ1) is 21.6. The van der Waals surface area contributed by atoms with Crippen molar-refractivity contribution in [3.05, 3.63) is 51.9 Å². The number of esters is 1. The SMILES string of the molecule is CCn1c(COC(=O)c2csc(-c3ccsc3)n2)nc2cc(S(=O)(=O)N(C)C)ccc21. The standard InChI is InChI=1S/C20H20N4O4S3/c1-4-24-17-6-5-14(31(26,27)23(2)3)9-15(17)21-18(24)10-28-20(25)16-12-30-19(22-16)13-7-8-29-11-13/h5-9,11-12H,4,10H2,1-3H3. The van der Waals surface area contributed by atoms with Gasteiger partial charge in [-0.25, -0.2) is 27.5 Å². The number of carbonyl (C=O) groups is 1. The Balaban J connectivity index is 1.56. The molecule has 0 aliphatic rings. The van der Waals surface area contributed by atoms with Crippen LogP contribution in [0.25, 0.3) is 21.6 Å². The number of carbonyl (C=O) groups excluding carboxylic acids is 1. The van der Waals surface area contributed by atoms with Crippen molar-refractivity contribution in [3.8, 4) is 10.6 Å². The second kappa shape index (κ2) is 8.50. The Hall–Kier alpha value is -2.60. The van der Waals surface area contributed by atoms with E-state index in [1.54, 1.807) is 28.8 Å². The summed E-state index contributed by atoms with van der Waals surface area (Å²) in [5.74, 6) is 0.0156. The number of hydrogen-bond donors (Lipinski definition) is 0. The first-order chi connectivity index (χ1) is 14.8. The van der Waals surface area contributed by atoms with Crippen molar-refractivity contribution in [2.24, 2.45) is 0 Å². The monoisotopic (exact) mass is 476 g/mol. The molecule has 3 heterocycles. The van der Waals surface area contributed by atoms with Crippen LogP contribution in [0.3, 0.4) is 0 Å². The second-order valence-corrected chi connectivity index (χ2v) is 10.6. The first-order valence-corrected chi connectivity index (χ1v) is 12.6. The van der Waals surface area contributed by atoms with Gasteiger partial charge < -0.3 is 9.30 Å². The molecule has 3 aromatic heterocycles. The fourth-order valence-corrected chi connectivity index (χ4v) is 5.51. The third-order valence-corrected chi connectivity index (χ3v) is 8.09. The summed E-state index contributed by atoms with van der Waals surface area (Å²) in [6, 6.07) is 6.77. The molecule has 0 N–H and O–H groups in total. The van der Waals surface area contributed by atoms with Crippen LogP contribution in [0.5, 0.6) is 0 Å². The number of thiophene rings is 1. The van der Waals surface area contributed by atoms with Gasteiger partial charge >= 0.3 is 5.97 Å². The highest BCUT2D eigenvalue weighted by Crippen LogP contribution is 2.26. The van der Waals surface area contributed by atoms with E-state index in [1.165, 1.54) is 31.5 Å². The van der Waals surface area contributed by atoms with Crippen LogP contribution in [0.2, 0.25) is 0 Å². The highest BCUT2D eigenvalue weighted by Gasteiger charge is 2.20. The molecule has 0 amide bonds. The largest absolute Gasteiger partial charge is 0.453 e. The maximum absolute atomic E-state index is 12.5. The molecule has 0 saturated carbocycles. The van der Waals surface area contributed by atoms with Gasteiger partial charge in [0.1, 0.15) is 17.4 Å². The Labute approximate surface area is 187 Å². The van der Waals surface area contributed by atoms with E-state index < -0.39 is 16.0 Å². The molecule has 0 atom stereocenters. The van der Waals surface area contributed by atoms with E-state index in [2.05, 4.69) is 9.97 Å². The third-order valence-electron chi connectivity index (χ3n) is 4.71. The Morgan fingerprint density at radius 3 is 2.68 bits per heavy atom. The molecule has 162 valence electrons. The van der Waals surface area contributed by atoms with E-state index in [9.17, 15) is 13.2 Å². The molecule has 0 aliphatic heterocycles. The maximum atomic E-state index is 12.5. The lowest BCUT2D eigenvalue weighted by molar-refractivity contribution is 0.0453. The Morgan fingerprint density at radius 2 is 2.00 bits per heavy atom. The molecule has 4 rings (SSSR count). The number of rotatable bonds is 7. The lowest BCUT2D eigenvalue weighted by Crippen LogP contribution is -2.22. The molecule has 0 fully saturated rings. The van der Waals surface area contributed by atoms with Gasteiger partial charge in [0.15, 0.2) is 5.69 Å². The molecule has 4 aromatic rings. The molecule has 11 heteroatoms. The van der Waals surface area contributed by atoms with Crippen molar-refractivity contribution < 1.29 is 17.9 Å². The van der Waals surface area contributed by atoms with Crippen LogP contribution in [0.4, 0.5) is 0 Å². The molecule has 0 aliphatic carbocycles. The van der Waals surface area contributed by atoms with Gasteiger partial charge in [-0.2, -0.15) is 11.3 Å². The van der Waals surface area contributed by atoms with Crippen LogP contribution in [0.1, 0.15) is 23.2 Å². The average molecular weight is 477 g/mol. The normalized spacial score (nSPS) is 12.0.